The Kier molecular flexibility index (Phi) is 4.90. The Balaban J connectivity index is 1.76. The minimum Gasteiger partial charge on any atom is -0.369 e. The first kappa shape index (κ1) is 22.0. The number of alkyl halides is 2. The minimum absolute atomic E-state index is 0.00606. The highest BCUT2D eigenvalue weighted by Gasteiger charge is 2.52. The van der Waals surface area contributed by atoms with E-state index in [4.69, 9.17) is 5.73 Å². The molecule has 1 fully saturated rings. The number of hydrogen-bond acceptors (Lipinski definition) is 4. The maximum atomic E-state index is 14.7. The van der Waals surface area contributed by atoms with Crippen LogP contribution in [0.15, 0.2) is 24.3 Å². The van der Waals surface area contributed by atoms with Crippen LogP contribution in [0, 0.1) is 17.3 Å². The van der Waals surface area contributed by atoms with Crippen LogP contribution >= 0.6 is 0 Å². The molecule has 7 nitrogen and oxygen atoms in total. The van der Waals surface area contributed by atoms with E-state index in [1.807, 2.05) is 0 Å². The van der Waals surface area contributed by atoms with E-state index in [2.05, 4.69) is 16.9 Å². The molecule has 1 saturated heterocycles. The number of carbonyl (C=O) groups is 2. The summed E-state index contributed by atoms with van der Waals surface area (Å²) in [6.45, 7) is 3.38. The molecule has 3 N–H and O–H groups in total. The summed E-state index contributed by atoms with van der Waals surface area (Å²) in [6, 6.07) is 6.78. The quantitative estimate of drug-likeness (QED) is 0.691. The van der Waals surface area contributed by atoms with Gasteiger partial charge < -0.3 is 15.7 Å². The van der Waals surface area contributed by atoms with Crippen LogP contribution in [0.1, 0.15) is 47.6 Å². The van der Waals surface area contributed by atoms with Gasteiger partial charge in [0.15, 0.2) is 5.69 Å². The number of nitrogens with two attached hydrogens (primary N) is 1. The largest absolute Gasteiger partial charge is 0.369 e. The number of aromatic nitrogens is 2. The smallest absolute Gasteiger partial charge is 0.269 e. The van der Waals surface area contributed by atoms with E-state index in [-0.39, 0.29) is 24.1 Å². The molecule has 32 heavy (non-hydrogen) atoms. The summed E-state index contributed by atoms with van der Waals surface area (Å²) in [5, 5.41) is 14.8. The van der Waals surface area contributed by atoms with Crippen molar-refractivity contribution in [2.75, 3.05) is 13.6 Å². The van der Waals surface area contributed by atoms with Crippen LogP contribution in [0.2, 0.25) is 0 Å². The van der Waals surface area contributed by atoms with Gasteiger partial charge in [0.2, 0.25) is 5.60 Å². The van der Waals surface area contributed by atoms with Crippen LogP contribution in [0.4, 0.5) is 8.78 Å². The number of aliphatic hydroxyl groups is 1. The molecule has 0 saturated carbocycles. The molecule has 9 heteroatoms. The third kappa shape index (κ3) is 3.45. The van der Waals surface area contributed by atoms with Crippen molar-refractivity contribution in [2.24, 2.45) is 11.1 Å². The van der Waals surface area contributed by atoms with E-state index in [9.17, 15) is 23.5 Å². The Bertz CT molecular complexity index is 1190. The molecule has 2 aromatic rings. The van der Waals surface area contributed by atoms with Gasteiger partial charge in [-0.25, -0.2) is 13.5 Å². The number of rotatable bonds is 2. The molecule has 4 rings (SSSR count). The Labute approximate surface area is 184 Å². The van der Waals surface area contributed by atoms with Gasteiger partial charge in [0.1, 0.15) is 0 Å². The van der Waals surface area contributed by atoms with Gasteiger partial charge in [-0.2, -0.15) is 5.10 Å². The molecule has 2 amide bonds. The first-order valence-corrected chi connectivity index (χ1v) is 10.2. The second kappa shape index (κ2) is 7.14. The van der Waals surface area contributed by atoms with E-state index in [0.29, 0.717) is 23.5 Å². The summed E-state index contributed by atoms with van der Waals surface area (Å²) < 4.78 is 30.8. The maximum absolute atomic E-state index is 14.7. The second-order valence-electron chi connectivity index (χ2n) is 9.13. The molecule has 1 aliphatic carbocycles. The summed E-state index contributed by atoms with van der Waals surface area (Å²) in [6.07, 6.45) is -0.394. The van der Waals surface area contributed by atoms with Gasteiger partial charge in [-0.05, 0) is 18.2 Å². The van der Waals surface area contributed by atoms with E-state index in [1.165, 1.54) is 23.4 Å². The van der Waals surface area contributed by atoms with Gasteiger partial charge in [-0.3, -0.25) is 9.59 Å². The van der Waals surface area contributed by atoms with E-state index in [0.717, 1.165) is 0 Å². The predicted octanol–water partition coefficient (Wildman–Crippen LogP) is 1.68. The summed E-state index contributed by atoms with van der Waals surface area (Å²) >= 11 is 0. The molecule has 2 aliphatic rings. The fourth-order valence-electron chi connectivity index (χ4n) is 4.13. The number of likely N-dealkylation sites (tertiary alicyclic amines) is 1. The number of benzene rings is 1. The molecule has 1 aliphatic heterocycles. The zero-order valence-corrected chi connectivity index (χ0v) is 18.1. The van der Waals surface area contributed by atoms with Crippen molar-refractivity contribution in [3.05, 3.63) is 46.8 Å². The average Bonchev–Trinajstić information content (AvgIpc) is 3.19. The number of nitrogens with zero attached hydrogens (tertiary/aromatic N) is 3. The summed E-state index contributed by atoms with van der Waals surface area (Å²) in [5.41, 5.74) is 3.88. The van der Waals surface area contributed by atoms with Gasteiger partial charge >= 0.3 is 0 Å². The normalized spacial score (nSPS) is 23.4. The zero-order chi connectivity index (χ0) is 23.5. The molecule has 0 unspecified atom stereocenters. The van der Waals surface area contributed by atoms with Crippen molar-refractivity contribution in [2.45, 2.75) is 44.6 Å². The van der Waals surface area contributed by atoms with Crippen molar-refractivity contribution < 1.29 is 23.5 Å². The number of hydrogen-bond donors (Lipinski definition) is 2. The van der Waals surface area contributed by atoms with Crippen molar-refractivity contribution in [1.82, 2.24) is 14.7 Å². The molecule has 0 spiro atoms. The van der Waals surface area contributed by atoms with Crippen molar-refractivity contribution in [1.29, 1.82) is 0 Å². The SMILES string of the molecule is CN1CC[C@@](O)(C#Cc2cccc(-n3nc(C(N)=O)c4c3CC(C)(C)C(F)(F)C4)c2)C1=O. The molecule has 0 bridgehead atoms. The maximum Gasteiger partial charge on any atom is 0.269 e. The van der Waals surface area contributed by atoms with Gasteiger partial charge in [0, 0.05) is 55.1 Å². The molecule has 1 atom stereocenters. The topological polar surface area (TPSA) is 101 Å². The molecule has 0 radical (unpaired) electrons. The highest BCUT2D eigenvalue weighted by molar-refractivity contribution is 5.93. The Morgan fingerprint density at radius 1 is 1.28 bits per heavy atom. The third-order valence-corrected chi connectivity index (χ3v) is 6.34. The number of amides is 2. The lowest BCUT2D eigenvalue weighted by Gasteiger charge is -2.38. The Morgan fingerprint density at radius 3 is 2.62 bits per heavy atom. The van der Waals surface area contributed by atoms with Crippen LogP contribution in [0.25, 0.3) is 5.69 Å². The van der Waals surface area contributed by atoms with Crippen molar-refractivity contribution in [3.8, 4) is 17.5 Å². The number of primary amides is 1. The fraction of sp³-hybridized carbons (Fsp3) is 0.435. The number of fused-ring (bicyclic) bond motifs is 1. The van der Waals surface area contributed by atoms with Crippen molar-refractivity contribution >= 4 is 11.8 Å². The highest BCUT2D eigenvalue weighted by atomic mass is 19.3. The number of carbonyl (C=O) groups excluding carboxylic acids is 2. The average molecular weight is 442 g/mol. The van der Waals surface area contributed by atoms with Crippen LogP contribution < -0.4 is 5.73 Å². The molecule has 168 valence electrons. The zero-order valence-electron chi connectivity index (χ0n) is 18.1. The van der Waals surface area contributed by atoms with Crippen LogP contribution in [0.5, 0.6) is 0 Å². The number of likely N-dealkylation sites (N-methyl/N-ethyl adjacent to an activating group) is 1. The Morgan fingerprint density at radius 2 is 2.00 bits per heavy atom. The molecule has 1 aromatic carbocycles. The molecule has 2 heterocycles. The van der Waals surface area contributed by atoms with Gasteiger partial charge in [-0.15, -0.1) is 0 Å². The van der Waals surface area contributed by atoms with Crippen molar-refractivity contribution in [3.63, 3.8) is 0 Å². The highest BCUT2D eigenvalue weighted by Crippen LogP contribution is 2.47. The van der Waals surface area contributed by atoms with Crippen LogP contribution in [0.3, 0.4) is 0 Å². The molecular formula is C23H24F2N4O3. The minimum atomic E-state index is -3.01. The lowest BCUT2D eigenvalue weighted by atomic mass is 9.73. The van der Waals surface area contributed by atoms with Gasteiger partial charge in [0.05, 0.1) is 5.69 Å². The summed E-state index contributed by atoms with van der Waals surface area (Å²) in [5.74, 6) is 1.16. The van der Waals surface area contributed by atoms with Gasteiger partial charge in [-0.1, -0.05) is 31.8 Å². The summed E-state index contributed by atoms with van der Waals surface area (Å²) in [7, 11) is 1.60. The first-order valence-electron chi connectivity index (χ1n) is 10.2. The van der Waals surface area contributed by atoms with Crippen LogP contribution in [-0.2, 0) is 17.6 Å². The molecule has 1 aromatic heterocycles. The monoisotopic (exact) mass is 442 g/mol. The van der Waals surface area contributed by atoms with E-state index >= 15 is 0 Å². The number of halogens is 2. The first-order chi connectivity index (χ1) is 14.8. The lowest BCUT2D eigenvalue weighted by Crippen LogP contribution is -2.44. The van der Waals surface area contributed by atoms with Crippen LogP contribution in [-0.4, -0.2) is 56.7 Å². The standard InChI is InChI=1S/C23H24F2N4O3/c1-21(2)13-17-16(12-23(21,24)25)18(19(26)30)27-29(17)15-6-4-5-14(11-15)7-8-22(32)9-10-28(3)20(22)31/h4-6,11,32H,9-10,12-13H2,1-3H3,(H2,26,30)/t22-/m0/s1. The molecular weight excluding hydrogens is 418 g/mol. The van der Waals surface area contributed by atoms with Gasteiger partial charge in [0.25, 0.3) is 17.7 Å². The van der Waals surface area contributed by atoms with E-state index in [1.54, 1.807) is 31.3 Å². The summed E-state index contributed by atoms with van der Waals surface area (Å²) in [4.78, 5) is 25.5. The predicted molar refractivity (Wildman–Crippen MR) is 112 cm³/mol. The third-order valence-electron chi connectivity index (χ3n) is 6.34. The fourth-order valence-corrected chi connectivity index (χ4v) is 4.13. The lowest BCUT2D eigenvalue weighted by molar-refractivity contribution is -0.137. The Hall–Kier alpha value is -3.25. The second-order valence-corrected chi connectivity index (χ2v) is 9.13. The van der Waals surface area contributed by atoms with E-state index < -0.39 is 35.2 Å².